The molecule has 0 radical (unpaired) electrons. The summed E-state index contributed by atoms with van der Waals surface area (Å²) >= 11 is 0. The molecule has 2 aliphatic heterocycles. The highest BCUT2D eigenvalue weighted by Crippen LogP contribution is 2.42. The number of Topliss-reactive ketones (excluding diaryl/α,β-unsaturated/α-hetero) is 1. The number of phenolic OH excluding ortho intramolecular Hbond substituents is 1. The van der Waals surface area contributed by atoms with E-state index >= 15 is 0 Å². The van der Waals surface area contributed by atoms with Gasteiger partial charge < -0.3 is 34.2 Å². The molecule has 2 aromatic carbocycles. The lowest BCUT2D eigenvalue weighted by Crippen LogP contribution is -3.14. The van der Waals surface area contributed by atoms with Crippen molar-refractivity contribution in [2.45, 2.75) is 13.0 Å². The van der Waals surface area contributed by atoms with Gasteiger partial charge >= 0.3 is 0 Å². The molecular weight excluding hydrogens is 452 g/mol. The van der Waals surface area contributed by atoms with Crippen molar-refractivity contribution in [3.63, 3.8) is 0 Å². The second-order valence-electron chi connectivity index (χ2n) is 8.72. The molecule has 2 fully saturated rings. The van der Waals surface area contributed by atoms with E-state index in [2.05, 4.69) is 0 Å². The number of aliphatic hydroxyl groups excluding tert-OH is 1. The summed E-state index contributed by atoms with van der Waals surface area (Å²) in [5, 5.41) is 21.4. The molecule has 0 aromatic heterocycles. The van der Waals surface area contributed by atoms with Crippen LogP contribution in [0.15, 0.2) is 42.0 Å². The number of carbonyl (C=O) groups is 2. The second-order valence-corrected chi connectivity index (χ2v) is 8.72. The van der Waals surface area contributed by atoms with Crippen LogP contribution < -0.4 is 14.4 Å². The number of nitrogens with one attached hydrogen (secondary N) is 1. The third kappa shape index (κ3) is 4.82. The SMILES string of the molecule is COc1ccc(C(O)=C2C(=O)C(=O)N(CC[NH+]3CCOCC3)C2c2ccc(O)c(OC)c2)c(C)c1. The molecule has 0 spiro atoms. The van der Waals surface area contributed by atoms with E-state index in [0.717, 1.165) is 13.1 Å². The molecule has 2 aromatic rings. The van der Waals surface area contributed by atoms with Gasteiger partial charge in [0.2, 0.25) is 0 Å². The third-order valence-corrected chi connectivity index (χ3v) is 6.65. The van der Waals surface area contributed by atoms with Gasteiger partial charge in [-0.25, -0.2) is 0 Å². The molecular formula is C26H31N2O7+. The molecule has 1 unspecified atom stereocenters. The van der Waals surface area contributed by atoms with E-state index in [4.69, 9.17) is 14.2 Å². The Morgan fingerprint density at radius 3 is 2.51 bits per heavy atom. The molecule has 4 rings (SSSR count). The molecule has 186 valence electrons. The van der Waals surface area contributed by atoms with Crippen molar-refractivity contribution in [1.29, 1.82) is 0 Å². The molecule has 0 saturated carbocycles. The summed E-state index contributed by atoms with van der Waals surface area (Å²) < 4.78 is 15.9. The Bertz CT molecular complexity index is 1150. The van der Waals surface area contributed by atoms with Crippen LogP contribution in [0.5, 0.6) is 17.2 Å². The highest BCUT2D eigenvalue weighted by Gasteiger charge is 2.46. The first kappa shape index (κ1) is 24.6. The first-order valence-electron chi connectivity index (χ1n) is 11.6. The van der Waals surface area contributed by atoms with Gasteiger partial charge in [0.15, 0.2) is 11.5 Å². The topological polar surface area (TPSA) is 110 Å². The van der Waals surface area contributed by atoms with Crippen LogP contribution in [0.4, 0.5) is 0 Å². The largest absolute Gasteiger partial charge is 0.507 e. The Hall–Kier alpha value is -3.56. The van der Waals surface area contributed by atoms with Crippen molar-refractivity contribution in [3.8, 4) is 17.2 Å². The van der Waals surface area contributed by atoms with Crippen LogP contribution in [0, 0.1) is 6.92 Å². The van der Waals surface area contributed by atoms with Crippen LogP contribution in [0.3, 0.4) is 0 Å². The minimum Gasteiger partial charge on any atom is -0.507 e. The molecule has 2 saturated heterocycles. The fourth-order valence-electron chi connectivity index (χ4n) is 4.68. The highest BCUT2D eigenvalue weighted by atomic mass is 16.5. The van der Waals surface area contributed by atoms with Crippen LogP contribution in [0.1, 0.15) is 22.7 Å². The fourth-order valence-corrected chi connectivity index (χ4v) is 4.68. The zero-order valence-electron chi connectivity index (χ0n) is 20.2. The van der Waals surface area contributed by atoms with Gasteiger partial charge in [0, 0.05) is 5.56 Å². The zero-order chi connectivity index (χ0) is 25.1. The minimum atomic E-state index is -0.827. The molecule has 0 aliphatic carbocycles. The molecule has 1 amide bonds. The first-order valence-corrected chi connectivity index (χ1v) is 11.6. The third-order valence-electron chi connectivity index (χ3n) is 6.65. The number of morpholine rings is 1. The predicted molar refractivity (Wildman–Crippen MR) is 128 cm³/mol. The van der Waals surface area contributed by atoms with E-state index in [1.165, 1.54) is 23.0 Å². The fraction of sp³-hybridized carbons (Fsp3) is 0.385. The Morgan fingerprint density at radius 2 is 1.86 bits per heavy atom. The van der Waals surface area contributed by atoms with Gasteiger partial charge in [-0.15, -0.1) is 0 Å². The van der Waals surface area contributed by atoms with Crippen molar-refractivity contribution >= 4 is 17.4 Å². The number of nitrogens with zero attached hydrogens (tertiary/aromatic N) is 1. The van der Waals surface area contributed by atoms with Crippen LogP contribution >= 0.6 is 0 Å². The minimum absolute atomic E-state index is 0.00740. The quantitative estimate of drug-likeness (QED) is 0.307. The first-order chi connectivity index (χ1) is 16.8. The smallest absolute Gasteiger partial charge is 0.295 e. The number of ketones is 1. The predicted octanol–water partition coefficient (Wildman–Crippen LogP) is 1.05. The summed E-state index contributed by atoms with van der Waals surface area (Å²) in [5.41, 5.74) is 1.71. The summed E-state index contributed by atoms with van der Waals surface area (Å²) in [6, 6.07) is 8.98. The lowest BCUT2D eigenvalue weighted by atomic mass is 9.93. The lowest BCUT2D eigenvalue weighted by molar-refractivity contribution is -0.907. The van der Waals surface area contributed by atoms with E-state index in [1.807, 2.05) is 0 Å². The van der Waals surface area contributed by atoms with Crippen LogP contribution in [0.2, 0.25) is 0 Å². The van der Waals surface area contributed by atoms with Crippen molar-refractivity contribution in [2.75, 3.05) is 53.6 Å². The number of carbonyl (C=O) groups excluding carboxylic acids is 2. The van der Waals surface area contributed by atoms with Crippen LogP contribution in [0.25, 0.3) is 5.76 Å². The average molecular weight is 484 g/mol. The van der Waals surface area contributed by atoms with Crippen molar-refractivity contribution in [3.05, 3.63) is 58.7 Å². The maximum atomic E-state index is 13.3. The lowest BCUT2D eigenvalue weighted by Gasteiger charge is -2.29. The summed E-state index contributed by atoms with van der Waals surface area (Å²) in [6.45, 7) is 5.73. The Kier molecular flexibility index (Phi) is 7.28. The number of phenols is 1. The molecule has 9 nitrogen and oxygen atoms in total. The average Bonchev–Trinajstić information content (AvgIpc) is 3.12. The van der Waals surface area contributed by atoms with Crippen molar-refractivity contribution in [1.82, 2.24) is 4.90 Å². The maximum absolute atomic E-state index is 13.3. The molecule has 35 heavy (non-hydrogen) atoms. The zero-order valence-corrected chi connectivity index (χ0v) is 20.2. The number of hydrogen-bond acceptors (Lipinski definition) is 7. The van der Waals surface area contributed by atoms with Gasteiger partial charge in [-0.05, 0) is 48.4 Å². The number of aryl methyl sites for hydroxylation is 1. The number of likely N-dealkylation sites (tertiary alicyclic amines) is 1. The number of aliphatic hydroxyl groups is 1. The van der Waals surface area contributed by atoms with Crippen LogP contribution in [-0.2, 0) is 14.3 Å². The van der Waals surface area contributed by atoms with E-state index in [-0.39, 0.29) is 22.8 Å². The Labute approximate surface area is 204 Å². The number of aromatic hydroxyl groups is 1. The maximum Gasteiger partial charge on any atom is 0.295 e. The summed E-state index contributed by atoms with van der Waals surface area (Å²) in [6.07, 6.45) is 0. The number of rotatable bonds is 7. The number of hydrogen-bond donors (Lipinski definition) is 3. The van der Waals surface area contributed by atoms with Gasteiger partial charge in [-0.2, -0.15) is 0 Å². The standard InChI is InChI=1S/C26H30N2O7/c1-16-14-18(33-2)5-6-19(16)24(30)22-23(17-4-7-20(29)21(15-17)34-3)28(26(32)25(22)31)9-8-27-10-12-35-13-11-27/h4-7,14-15,23,29-30H,8-13H2,1-3H3/p+1. The molecule has 3 N–H and O–H groups in total. The van der Waals surface area contributed by atoms with Gasteiger partial charge in [0.25, 0.3) is 11.7 Å². The van der Waals surface area contributed by atoms with Gasteiger partial charge in [0.1, 0.15) is 24.6 Å². The monoisotopic (exact) mass is 483 g/mol. The van der Waals surface area contributed by atoms with E-state index < -0.39 is 17.7 Å². The number of methoxy groups -OCH3 is 2. The number of benzene rings is 2. The summed E-state index contributed by atoms with van der Waals surface area (Å²) in [4.78, 5) is 29.3. The van der Waals surface area contributed by atoms with E-state index in [9.17, 15) is 19.8 Å². The van der Waals surface area contributed by atoms with Crippen LogP contribution in [-0.4, -0.2) is 80.4 Å². The van der Waals surface area contributed by atoms with Gasteiger partial charge in [-0.3, -0.25) is 9.59 Å². The second kappa shape index (κ2) is 10.4. The summed E-state index contributed by atoms with van der Waals surface area (Å²) in [7, 11) is 2.98. The molecule has 1 atom stereocenters. The number of quaternary nitrogens is 1. The number of amides is 1. The molecule has 2 aliphatic rings. The van der Waals surface area contributed by atoms with Crippen molar-refractivity contribution < 1.29 is 38.9 Å². The van der Waals surface area contributed by atoms with E-state index in [1.54, 1.807) is 44.4 Å². The highest BCUT2D eigenvalue weighted by molar-refractivity contribution is 6.46. The van der Waals surface area contributed by atoms with Gasteiger partial charge in [-0.1, -0.05) is 6.07 Å². The Balaban J connectivity index is 1.79. The van der Waals surface area contributed by atoms with E-state index in [0.29, 0.717) is 48.7 Å². The van der Waals surface area contributed by atoms with Crippen molar-refractivity contribution in [2.24, 2.45) is 0 Å². The molecule has 9 heteroatoms. The van der Waals surface area contributed by atoms with Gasteiger partial charge in [0.05, 0.1) is 52.1 Å². The molecule has 2 heterocycles. The number of ether oxygens (including phenoxy) is 3. The Morgan fingerprint density at radius 1 is 1.11 bits per heavy atom. The normalized spacial score (nSPS) is 20.3. The molecule has 0 bridgehead atoms. The summed E-state index contributed by atoms with van der Waals surface area (Å²) in [5.74, 6) is -0.881.